The van der Waals surface area contributed by atoms with Crippen LogP contribution in [0, 0.1) is 5.82 Å². The third kappa shape index (κ3) is 3.23. The van der Waals surface area contributed by atoms with Crippen molar-refractivity contribution in [3.63, 3.8) is 0 Å². The van der Waals surface area contributed by atoms with Gasteiger partial charge in [-0.05, 0) is 17.5 Å². The molecule has 22 heavy (non-hydrogen) atoms. The fourth-order valence-electron chi connectivity index (χ4n) is 2.29. The number of H-pyrrole nitrogens is 1. The molecular formula is C15H16F4N2O. The molecule has 0 aliphatic carbocycles. The summed E-state index contributed by atoms with van der Waals surface area (Å²) in [5.74, 6) is -1.36. The first-order valence-corrected chi connectivity index (χ1v) is 6.73. The third-order valence-electron chi connectivity index (χ3n) is 3.38. The molecule has 0 saturated carbocycles. The van der Waals surface area contributed by atoms with Crippen molar-refractivity contribution in [2.75, 3.05) is 13.6 Å². The monoisotopic (exact) mass is 316 g/mol. The van der Waals surface area contributed by atoms with Gasteiger partial charge in [0.25, 0.3) is 5.91 Å². The summed E-state index contributed by atoms with van der Waals surface area (Å²) in [6.45, 7) is 2.30. The van der Waals surface area contributed by atoms with E-state index in [-0.39, 0.29) is 17.1 Å². The quantitative estimate of drug-likeness (QED) is 0.852. The Hall–Kier alpha value is -2.05. The van der Waals surface area contributed by atoms with Crippen molar-refractivity contribution in [1.82, 2.24) is 9.88 Å². The number of carbonyl (C=O) groups excluding carboxylic acids is 1. The molecule has 2 aromatic rings. The van der Waals surface area contributed by atoms with Crippen LogP contribution in [0.2, 0.25) is 0 Å². The van der Waals surface area contributed by atoms with Gasteiger partial charge in [0.2, 0.25) is 0 Å². The van der Waals surface area contributed by atoms with Gasteiger partial charge in [-0.25, -0.2) is 4.39 Å². The van der Waals surface area contributed by atoms with Gasteiger partial charge >= 0.3 is 6.18 Å². The molecule has 120 valence electrons. The Bertz CT molecular complexity index is 703. The summed E-state index contributed by atoms with van der Waals surface area (Å²) in [5.41, 5.74) is 0.550. The van der Waals surface area contributed by atoms with Gasteiger partial charge in [-0.2, -0.15) is 13.2 Å². The number of rotatable bonds is 3. The minimum Gasteiger partial charge on any atom is -0.348 e. The number of hydrogen-bond acceptors (Lipinski definition) is 1. The van der Waals surface area contributed by atoms with Crippen molar-refractivity contribution in [2.24, 2.45) is 0 Å². The zero-order chi connectivity index (χ0) is 16.7. The lowest BCUT2D eigenvalue weighted by molar-refractivity contribution is -0.138. The summed E-state index contributed by atoms with van der Waals surface area (Å²) in [4.78, 5) is 15.1. The predicted molar refractivity (Wildman–Crippen MR) is 75.4 cm³/mol. The maximum Gasteiger partial charge on any atom is 0.406 e. The highest BCUT2D eigenvalue weighted by molar-refractivity contribution is 5.98. The lowest BCUT2D eigenvalue weighted by Crippen LogP contribution is -2.35. The van der Waals surface area contributed by atoms with Crippen LogP contribution >= 0.6 is 0 Å². The van der Waals surface area contributed by atoms with Gasteiger partial charge in [0, 0.05) is 12.4 Å². The van der Waals surface area contributed by atoms with Crippen molar-refractivity contribution < 1.29 is 22.4 Å². The molecule has 0 aliphatic heterocycles. The predicted octanol–water partition coefficient (Wildman–Crippen LogP) is 4.06. The number of aromatic amines is 1. The number of hydrogen-bond donors (Lipinski definition) is 1. The molecule has 1 amide bonds. The number of alkyl halides is 3. The lowest BCUT2D eigenvalue weighted by atomic mass is 10.0. The van der Waals surface area contributed by atoms with Gasteiger partial charge in [0.1, 0.15) is 12.2 Å². The van der Waals surface area contributed by atoms with Crippen LogP contribution in [0.15, 0.2) is 18.2 Å². The Kier molecular flexibility index (Phi) is 4.17. The SMILES string of the molecule is CC(C)c1ccc2cc(C(=O)N(C)CC(F)(F)F)[nH]c2c1F. The maximum absolute atomic E-state index is 14.3. The molecule has 0 radical (unpaired) electrons. The van der Waals surface area contributed by atoms with E-state index in [0.29, 0.717) is 15.8 Å². The zero-order valence-corrected chi connectivity index (χ0v) is 12.4. The van der Waals surface area contributed by atoms with E-state index in [1.807, 2.05) is 13.8 Å². The third-order valence-corrected chi connectivity index (χ3v) is 3.38. The van der Waals surface area contributed by atoms with Crippen molar-refractivity contribution >= 4 is 16.8 Å². The number of fused-ring (bicyclic) bond motifs is 1. The van der Waals surface area contributed by atoms with Gasteiger partial charge in [-0.3, -0.25) is 4.79 Å². The Balaban J connectivity index is 2.37. The highest BCUT2D eigenvalue weighted by atomic mass is 19.4. The first kappa shape index (κ1) is 16.3. The van der Waals surface area contributed by atoms with Gasteiger partial charge in [0.15, 0.2) is 5.82 Å². The molecule has 0 atom stereocenters. The van der Waals surface area contributed by atoms with Gasteiger partial charge < -0.3 is 9.88 Å². The number of halogens is 4. The van der Waals surface area contributed by atoms with E-state index >= 15 is 0 Å². The fraction of sp³-hybridized carbons (Fsp3) is 0.400. The smallest absolute Gasteiger partial charge is 0.348 e. The van der Waals surface area contributed by atoms with Gasteiger partial charge in [-0.1, -0.05) is 26.0 Å². The molecule has 0 saturated heterocycles. The van der Waals surface area contributed by atoms with E-state index < -0.39 is 24.4 Å². The highest BCUT2D eigenvalue weighted by Crippen LogP contribution is 2.27. The Labute approximate surface area is 124 Å². The number of amides is 1. The molecule has 1 aromatic carbocycles. The number of carbonyl (C=O) groups is 1. The van der Waals surface area contributed by atoms with Crippen LogP contribution in [-0.2, 0) is 0 Å². The molecule has 1 N–H and O–H groups in total. The molecule has 1 heterocycles. The molecule has 0 spiro atoms. The topological polar surface area (TPSA) is 36.1 Å². The number of nitrogens with zero attached hydrogens (tertiary/aromatic N) is 1. The van der Waals surface area contributed by atoms with Crippen molar-refractivity contribution in [3.8, 4) is 0 Å². The van der Waals surface area contributed by atoms with E-state index in [0.717, 1.165) is 7.05 Å². The zero-order valence-electron chi connectivity index (χ0n) is 12.4. The van der Waals surface area contributed by atoms with E-state index in [4.69, 9.17) is 0 Å². The van der Waals surface area contributed by atoms with Crippen molar-refractivity contribution in [3.05, 3.63) is 35.3 Å². The summed E-state index contributed by atoms with van der Waals surface area (Å²) in [6.07, 6.45) is -4.48. The summed E-state index contributed by atoms with van der Waals surface area (Å²) < 4.78 is 51.3. The molecule has 0 fully saturated rings. The molecule has 7 heteroatoms. The second kappa shape index (κ2) is 5.62. The Morgan fingerprint density at radius 2 is 1.95 bits per heavy atom. The van der Waals surface area contributed by atoms with Crippen LogP contribution in [0.3, 0.4) is 0 Å². The summed E-state index contributed by atoms with van der Waals surface area (Å²) in [5, 5.41) is 0.450. The average molecular weight is 316 g/mol. The average Bonchev–Trinajstić information content (AvgIpc) is 2.80. The number of aromatic nitrogens is 1. The van der Waals surface area contributed by atoms with Gasteiger partial charge in [0.05, 0.1) is 5.52 Å². The minimum absolute atomic E-state index is 0.0419. The van der Waals surface area contributed by atoms with Crippen molar-refractivity contribution in [2.45, 2.75) is 25.9 Å². The molecular weight excluding hydrogens is 300 g/mol. The summed E-state index contributed by atoms with van der Waals surface area (Å²) >= 11 is 0. The van der Waals surface area contributed by atoms with Crippen LogP contribution in [0.5, 0.6) is 0 Å². The van der Waals surface area contributed by atoms with Crippen LogP contribution in [0.1, 0.15) is 35.8 Å². The van der Waals surface area contributed by atoms with E-state index in [1.165, 1.54) is 6.07 Å². The van der Waals surface area contributed by atoms with E-state index in [2.05, 4.69) is 4.98 Å². The van der Waals surface area contributed by atoms with Crippen LogP contribution in [0.25, 0.3) is 10.9 Å². The van der Waals surface area contributed by atoms with Gasteiger partial charge in [-0.15, -0.1) is 0 Å². The molecule has 1 aromatic heterocycles. The second-order valence-electron chi connectivity index (χ2n) is 5.55. The first-order valence-electron chi connectivity index (χ1n) is 6.73. The van der Waals surface area contributed by atoms with E-state index in [1.54, 1.807) is 12.1 Å². The molecule has 2 rings (SSSR count). The molecule has 0 bridgehead atoms. The molecule has 0 aliphatic rings. The first-order chi connectivity index (χ1) is 10.1. The highest BCUT2D eigenvalue weighted by Gasteiger charge is 2.32. The Morgan fingerprint density at radius 3 is 2.50 bits per heavy atom. The lowest BCUT2D eigenvalue weighted by Gasteiger charge is -2.17. The normalized spacial score (nSPS) is 12.2. The largest absolute Gasteiger partial charge is 0.406 e. The molecule has 3 nitrogen and oxygen atoms in total. The second-order valence-corrected chi connectivity index (χ2v) is 5.55. The standard InChI is InChI=1S/C15H16F4N2O/c1-8(2)10-5-4-9-6-11(20-13(9)12(10)16)14(22)21(3)7-15(17,18)19/h4-6,8,20H,7H2,1-3H3. The Morgan fingerprint density at radius 1 is 1.32 bits per heavy atom. The summed E-state index contributed by atoms with van der Waals surface area (Å²) in [6, 6.07) is 4.62. The summed E-state index contributed by atoms with van der Waals surface area (Å²) in [7, 11) is 1.05. The maximum atomic E-state index is 14.3. The van der Waals surface area contributed by atoms with E-state index in [9.17, 15) is 22.4 Å². The fourth-order valence-corrected chi connectivity index (χ4v) is 2.29. The van der Waals surface area contributed by atoms with Crippen LogP contribution in [0.4, 0.5) is 17.6 Å². The minimum atomic E-state index is -4.48. The molecule has 0 unspecified atom stereocenters. The number of benzene rings is 1. The van der Waals surface area contributed by atoms with Crippen LogP contribution in [-0.4, -0.2) is 35.6 Å². The number of nitrogens with one attached hydrogen (secondary N) is 1. The van der Waals surface area contributed by atoms with Crippen LogP contribution < -0.4 is 0 Å². The van der Waals surface area contributed by atoms with Crippen molar-refractivity contribution in [1.29, 1.82) is 0 Å².